The Hall–Kier alpha value is -0.0831. The van der Waals surface area contributed by atoms with Gasteiger partial charge in [-0.3, -0.25) is 0 Å². The third-order valence-electron chi connectivity index (χ3n) is 4.40. The van der Waals surface area contributed by atoms with Crippen LogP contribution in [0.4, 0.5) is 0 Å². The molecule has 0 unspecified atom stereocenters. The lowest BCUT2D eigenvalue weighted by Gasteiger charge is -2.28. The summed E-state index contributed by atoms with van der Waals surface area (Å²) in [5.74, 6) is 0.855. The van der Waals surface area contributed by atoms with Gasteiger partial charge in [0.15, 0.2) is 0 Å². The van der Waals surface area contributed by atoms with E-state index in [-0.39, 0.29) is 8.80 Å². The van der Waals surface area contributed by atoms with Gasteiger partial charge in [-0.15, -0.1) is 0 Å². The lowest BCUT2D eigenvalue weighted by Crippen LogP contribution is -2.20. The van der Waals surface area contributed by atoms with Crippen molar-refractivity contribution in [3.05, 3.63) is 34.3 Å². The topological polar surface area (TPSA) is 0 Å². The Kier molecular flexibility index (Phi) is 5.96. The van der Waals surface area contributed by atoms with Crippen molar-refractivity contribution in [2.45, 2.75) is 63.1 Å². The molecule has 2 heteroatoms. The average molecular weight is 325 g/mol. The second-order valence-corrected chi connectivity index (χ2v) is 10.1. The highest BCUT2D eigenvalue weighted by molar-refractivity contribution is 9.10. The van der Waals surface area contributed by atoms with Crippen LogP contribution in [-0.4, -0.2) is 8.80 Å². The Balaban J connectivity index is 1.77. The molecule has 1 aliphatic rings. The Bertz CT molecular complexity index is 339. The number of hydrogen-bond acceptors (Lipinski definition) is 0. The van der Waals surface area contributed by atoms with Gasteiger partial charge in [-0.2, -0.15) is 0 Å². The fraction of sp³-hybridized carbons (Fsp3) is 0.625. The first-order valence-electron chi connectivity index (χ1n) is 7.55. The van der Waals surface area contributed by atoms with Crippen LogP contribution in [0.2, 0.25) is 18.1 Å². The minimum Gasteiger partial charge on any atom is -0.0654 e. The van der Waals surface area contributed by atoms with Gasteiger partial charge >= 0.3 is 0 Å². The van der Waals surface area contributed by atoms with Gasteiger partial charge in [0, 0.05) is 13.3 Å². The van der Waals surface area contributed by atoms with Crippen molar-refractivity contribution in [1.82, 2.24) is 0 Å². The van der Waals surface area contributed by atoms with Crippen LogP contribution in [0.5, 0.6) is 0 Å². The van der Waals surface area contributed by atoms with Crippen molar-refractivity contribution in [2.24, 2.45) is 0 Å². The summed E-state index contributed by atoms with van der Waals surface area (Å²) in [6, 6.07) is 13.8. The molecule has 0 spiro atoms. The summed E-state index contributed by atoms with van der Waals surface area (Å²) < 4.78 is 1.20. The molecular formula is C16H25BrSi. The molecule has 18 heavy (non-hydrogen) atoms. The molecule has 0 bridgehead atoms. The molecule has 1 aromatic rings. The molecule has 0 aromatic heterocycles. The van der Waals surface area contributed by atoms with Gasteiger partial charge in [0.2, 0.25) is 0 Å². The molecule has 0 nitrogen and oxygen atoms in total. The summed E-state index contributed by atoms with van der Waals surface area (Å²) in [5, 5.41) is 0. The van der Waals surface area contributed by atoms with Gasteiger partial charge in [0.25, 0.3) is 0 Å². The molecule has 1 saturated heterocycles. The summed E-state index contributed by atoms with van der Waals surface area (Å²) in [4.78, 5) is 0. The van der Waals surface area contributed by atoms with E-state index in [1.165, 1.54) is 36.6 Å². The highest BCUT2D eigenvalue weighted by atomic mass is 79.9. The van der Waals surface area contributed by atoms with E-state index in [0.717, 1.165) is 5.92 Å². The maximum Gasteiger partial charge on any atom is 0.0368 e. The standard InChI is InChI=1S/C16H25BrSi/c1-2-3-4-11-18-12-9-15(10-13-18)14-5-7-16(17)8-6-14/h5-8,15,18H,2-4,9-13H2,1H3. The SMILES string of the molecule is CCCCC[SiH]1CCC(c2ccc(Br)cc2)CC1. The molecule has 1 heterocycles. The van der Waals surface area contributed by atoms with Crippen molar-refractivity contribution in [1.29, 1.82) is 0 Å². The number of rotatable bonds is 5. The summed E-state index contributed by atoms with van der Waals surface area (Å²) in [7, 11) is -0.339. The lowest BCUT2D eigenvalue weighted by molar-refractivity contribution is 0.603. The van der Waals surface area contributed by atoms with E-state index in [1.54, 1.807) is 23.7 Å². The van der Waals surface area contributed by atoms with Crippen LogP contribution < -0.4 is 0 Å². The van der Waals surface area contributed by atoms with Crippen molar-refractivity contribution >= 4 is 24.7 Å². The summed E-state index contributed by atoms with van der Waals surface area (Å²) >= 11 is 3.52. The minimum atomic E-state index is -0.339. The van der Waals surface area contributed by atoms with Crippen LogP contribution in [0, 0.1) is 0 Å². The van der Waals surface area contributed by atoms with Crippen LogP contribution in [0.15, 0.2) is 28.7 Å². The smallest absolute Gasteiger partial charge is 0.0368 e. The summed E-state index contributed by atoms with van der Waals surface area (Å²) in [6.07, 6.45) is 7.27. The number of halogens is 1. The van der Waals surface area contributed by atoms with Crippen molar-refractivity contribution in [2.75, 3.05) is 0 Å². The lowest BCUT2D eigenvalue weighted by atomic mass is 9.94. The van der Waals surface area contributed by atoms with Crippen LogP contribution in [0.1, 0.15) is 50.5 Å². The van der Waals surface area contributed by atoms with E-state index in [0.29, 0.717) is 0 Å². The highest BCUT2D eigenvalue weighted by Crippen LogP contribution is 2.35. The van der Waals surface area contributed by atoms with Crippen LogP contribution in [0.3, 0.4) is 0 Å². The minimum absolute atomic E-state index is 0.339. The van der Waals surface area contributed by atoms with Crippen LogP contribution in [0.25, 0.3) is 0 Å². The van der Waals surface area contributed by atoms with Gasteiger partial charge in [0.1, 0.15) is 0 Å². The summed E-state index contributed by atoms with van der Waals surface area (Å²) in [5.41, 5.74) is 1.57. The number of hydrogen-bond donors (Lipinski definition) is 0. The molecule has 0 N–H and O–H groups in total. The number of unbranched alkanes of at least 4 members (excludes halogenated alkanes) is 2. The van der Waals surface area contributed by atoms with Crippen LogP contribution in [-0.2, 0) is 0 Å². The van der Waals surface area contributed by atoms with E-state index in [1.807, 2.05) is 0 Å². The van der Waals surface area contributed by atoms with Gasteiger partial charge in [0.05, 0.1) is 0 Å². The Morgan fingerprint density at radius 3 is 2.39 bits per heavy atom. The molecule has 1 fully saturated rings. The predicted octanol–water partition coefficient (Wildman–Crippen LogP) is 5.74. The molecule has 0 atom stereocenters. The second kappa shape index (κ2) is 7.49. The largest absolute Gasteiger partial charge is 0.0654 e. The quantitative estimate of drug-likeness (QED) is 0.478. The first kappa shape index (κ1) is 14.3. The second-order valence-electron chi connectivity index (χ2n) is 5.76. The molecule has 0 aliphatic carbocycles. The highest BCUT2D eigenvalue weighted by Gasteiger charge is 2.22. The molecule has 1 aliphatic heterocycles. The Labute approximate surface area is 122 Å². The molecule has 2 rings (SSSR count). The third kappa shape index (κ3) is 4.24. The normalized spacial score (nSPS) is 24.1. The van der Waals surface area contributed by atoms with E-state index in [2.05, 4.69) is 47.1 Å². The van der Waals surface area contributed by atoms with Crippen molar-refractivity contribution in [3.63, 3.8) is 0 Å². The number of benzene rings is 1. The zero-order valence-corrected chi connectivity index (χ0v) is 14.2. The zero-order valence-electron chi connectivity index (χ0n) is 11.5. The van der Waals surface area contributed by atoms with E-state index in [4.69, 9.17) is 0 Å². The average Bonchev–Trinajstić information content (AvgIpc) is 2.41. The van der Waals surface area contributed by atoms with Crippen LogP contribution >= 0.6 is 15.9 Å². The Morgan fingerprint density at radius 1 is 1.11 bits per heavy atom. The van der Waals surface area contributed by atoms with Gasteiger partial charge < -0.3 is 0 Å². The fourth-order valence-corrected chi connectivity index (χ4v) is 6.95. The van der Waals surface area contributed by atoms with E-state index >= 15 is 0 Å². The zero-order chi connectivity index (χ0) is 12.8. The fourth-order valence-electron chi connectivity index (χ4n) is 3.20. The summed E-state index contributed by atoms with van der Waals surface area (Å²) in [6.45, 7) is 2.31. The van der Waals surface area contributed by atoms with E-state index in [9.17, 15) is 0 Å². The first-order valence-corrected chi connectivity index (χ1v) is 10.8. The van der Waals surface area contributed by atoms with Crippen molar-refractivity contribution < 1.29 is 0 Å². The maximum atomic E-state index is 3.52. The van der Waals surface area contributed by atoms with Crippen molar-refractivity contribution in [3.8, 4) is 0 Å². The molecule has 0 amide bonds. The maximum absolute atomic E-state index is 3.52. The molecule has 0 radical (unpaired) electrons. The van der Waals surface area contributed by atoms with E-state index < -0.39 is 0 Å². The molecule has 0 saturated carbocycles. The molecular weight excluding hydrogens is 300 g/mol. The predicted molar refractivity (Wildman–Crippen MR) is 87.2 cm³/mol. The monoisotopic (exact) mass is 324 g/mol. The molecule has 1 aromatic carbocycles. The third-order valence-corrected chi connectivity index (χ3v) is 8.46. The van der Waals surface area contributed by atoms with Gasteiger partial charge in [-0.25, -0.2) is 0 Å². The van der Waals surface area contributed by atoms with Gasteiger partial charge in [-0.1, -0.05) is 72.4 Å². The molecule has 100 valence electrons. The van der Waals surface area contributed by atoms with Gasteiger partial charge in [-0.05, 0) is 36.5 Å². The Morgan fingerprint density at radius 2 is 1.78 bits per heavy atom. The first-order chi connectivity index (χ1) is 8.79.